The Labute approximate surface area is 99.5 Å². The van der Waals surface area contributed by atoms with Crippen LogP contribution in [0.3, 0.4) is 0 Å². The molecule has 0 saturated carbocycles. The quantitative estimate of drug-likeness (QED) is 0.773. The van der Waals surface area contributed by atoms with Gasteiger partial charge in [-0.2, -0.15) is 0 Å². The SMILES string of the molecule is CCN(CC)CC(C)(C)c1cccc(N)c1. The number of nitrogen functional groups attached to an aromatic ring is 1. The van der Waals surface area contributed by atoms with E-state index in [9.17, 15) is 0 Å². The summed E-state index contributed by atoms with van der Waals surface area (Å²) in [6.45, 7) is 12.2. The Morgan fingerprint density at radius 2 is 1.81 bits per heavy atom. The molecule has 0 fully saturated rings. The predicted octanol–water partition coefficient (Wildman–Crippen LogP) is 2.89. The van der Waals surface area contributed by atoms with E-state index >= 15 is 0 Å². The summed E-state index contributed by atoms with van der Waals surface area (Å²) in [5.74, 6) is 0. The average Bonchev–Trinajstić information content (AvgIpc) is 2.26. The molecule has 16 heavy (non-hydrogen) atoms. The van der Waals surface area contributed by atoms with Crippen molar-refractivity contribution in [3.8, 4) is 0 Å². The molecular weight excluding hydrogens is 196 g/mol. The number of hydrogen-bond donors (Lipinski definition) is 1. The molecule has 2 N–H and O–H groups in total. The van der Waals surface area contributed by atoms with Gasteiger partial charge in [0.15, 0.2) is 0 Å². The second-order valence-electron chi connectivity index (χ2n) is 4.97. The Kier molecular flexibility index (Phi) is 4.36. The summed E-state index contributed by atoms with van der Waals surface area (Å²) < 4.78 is 0. The van der Waals surface area contributed by atoms with Gasteiger partial charge in [0.25, 0.3) is 0 Å². The number of rotatable bonds is 5. The van der Waals surface area contributed by atoms with Gasteiger partial charge >= 0.3 is 0 Å². The minimum Gasteiger partial charge on any atom is -0.399 e. The number of benzene rings is 1. The summed E-state index contributed by atoms with van der Waals surface area (Å²) in [5, 5.41) is 0. The molecule has 1 aromatic rings. The maximum absolute atomic E-state index is 5.84. The minimum atomic E-state index is 0.154. The molecule has 2 nitrogen and oxygen atoms in total. The van der Waals surface area contributed by atoms with E-state index in [-0.39, 0.29) is 5.41 Å². The fourth-order valence-electron chi connectivity index (χ4n) is 2.06. The number of nitrogens with two attached hydrogens (primary N) is 1. The van der Waals surface area contributed by atoms with Gasteiger partial charge in [0.2, 0.25) is 0 Å². The summed E-state index contributed by atoms with van der Waals surface area (Å²) >= 11 is 0. The van der Waals surface area contributed by atoms with E-state index in [1.54, 1.807) is 0 Å². The molecule has 0 saturated heterocycles. The lowest BCUT2D eigenvalue weighted by Crippen LogP contribution is -2.36. The van der Waals surface area contributed by atoms with E-state index in [1.807, 2.05) is 12.1 Å². The summed E-state index contributed by atoms with van der Waals surface area (Å²) in [7, 11) is 0. The fraction of sp³-hybridized carbons (Fsp3) is 0.571. The first kappa shape index (κ1) is 13.0. The molecule has 0 bridgehead atoms. The van der Waals surface area contributed by atoms with Crippen molar-refractivity contribution >= 4 is 5.69 Å². The third-order valence-electron chi connectivity index (χ3n) is 3.18. The van der Waals surface area contributed by atoms with Gasteiger partial charge in [0.05, 0.1) is 0 Å². The van der Waals surface area contributed by atoms with Crippen molar-refractivity contribution in [3.63, 3.8) is 0 Å². The second-order valence-corrected chi connectivity index (χ2v) is 4.97. The van der Waals surface area contributed by atoms with E-state index in [4.69, 9.17) is 5.73 Å². The average molecular weight is 220 g/mol. The lowest BCUT2D eigenvalue weighted by Gasteiger charge is -2.32. The van der Waals surface area contributed by atoms with Gasteiger partial charge in [0.1, 0.15) is 0 Å². The van der Waals surface area contributed by atoms with Gasteiger partial charge in [-0.15, -0.1) is 0 Å². The highest BCUT2D eigenvalue weighted by atomic mass is 15.1. The van der Waals surface area contributed by atoms with Crippen molar-refractivity contribution in [1.29, 1.82) is 0 Å². The normalized spacial score (nSPS) is 12.1. The van der Waals surface area contributed by atoms with E-state index in [0.29, 0.717) is 0 Å². The molecule has 2 heteroatoms. The van der Waals surface area contributed by atoms with Crippen LogP contribution in [0, 0.1) is 0 Å². The summed E-state index contributed by atoms with van der Waals surface area (Å²) in [6.07, 6.45) is 0. The van der Waals surface area contributed by atoms with Gasteiger partial charge in [0, 0.05) is 17.6 Å². The standard InChI is InChI=1S/C14H24N2/c1-5-16(6-2)11-14(3,4)12-8-7-9-13(15)10-12/h7-10H,5-6,11,15H2,1-4H3. The maximum Gasteiger partial charge on any atom is 0.0316 e. The van der Waals surface area contributed by atoms with Crippen molar-refractivity contribution < 1.29 is 0 Å². The molecule has 0 amide bonds. The smallest absolute Gasteiger partial charge is 0.0316 e. The summed E-state index contributed by atoms with van der Waals surface area (Å²) in [5.41, 5.74) is 8.16. The van der Waals surface area contributed by atoms with Crippen LogP contribution >= 0.6 is 0 Å². The molecule has 0 aliphatic carbocycles. The van der Waals surface area contributed by atoms with E-state index in [1.165, 1.54) is 5.56 Å². The molecule has 0 aliphatic rings. The van der Waals surface area contributed by atoms with Crippen LogP contribution in [0.4, 0.5) is 5.69 Å². The zero-order valence-corrected chi connectivity index (χ0v) is 11.0. The van der Waals surface area contributed by atoms with Crippen LogP contribution in [0.2, 0.25) is 0 Å². The minimum absolute atomic E-state index is 0.154. The van der Waals surface area contributed by atoms with E-state index in [2.05, 4.69) is 44.7 Å². The Morgan fingerprint density at radius 3 is 2.31 bits per heavy atom. The Bertz CT molecular complexity index is 327. The topological polar surface area (TPSA) is 29.3 Å². The number of likely N-dealkylation sites (N-methyl/N-ethyl adjacent to an activating group) is 1. The highest BCUT2D eigenvalue weighted by Crippen LogP contribution is 2.25. The van der Waals surface area contributed by atoms with Gasteiger partial charge in [-0.05, 0) is 30.8 Å². The van der Waals surface area contributed by atoms with Crippen LogP contribution in [0.15, 0.2) is 24.3 Å². The maximum atomic E-state index is 5.84. The van der Waals surface area contributed by atoms with Crippen LogP contribution in [0.25, 0.3) is 0 Å². The third kappa shape index (κ3) is 3.24. The second kappa shape index (κ2) is 5.35. The zero-order valence-electron chi connectivity index (χ0n) is 11.0. The molecule has 0 unspecified atom stereocenters. The molecule has 1 aromatic carbocycles. The molecule has 0 aliphatic heterocycles. The highest BCUT2D eigenvalue weighted by Gasteiger charge is 2.22. The van der Waals surface area contributed by atoms with Gasteiger partial charge < -0.3 is 10.6 Å². The monoisotopic (exact) mass is 220 g/mol. The van der Waals surface area contributed by atoms with Crippen molar-refractivity contribution in [1.82, 2.24) is 4.90 Å². The lowest BCUT2D eigenvalue weighted by molar-refractivity contribution is 0.245. The van der Waals surface area contributed by atoms with E-state index in [0.717, 1.165) is 25.3 Å². The van der Waals surface area contributed by atoms with Crippen LogP contribution in [-0.2, 0) is 5.41 Å². The molecule has 0 heterocycles. The Hall–Kier alpha value is -1.02. The highest BCUT2D eigenvalue weighted by molar-refractivity contribution is 5.43. The number of nitrogens with zero attached hydrogens (tertiary/aromatic N) is 1. The fourth-order valence-corrected chi connectivity index (χ4v) is 2.06. The lowest BCUT2D eigenvalue weighted by atomic mass is 9.84. The molecule has 0 aromatic heterocycles. The first-order valence-corrected chi connectivity index (χ1v) is 6.08. The van der Waals surface area contributed by atoms with Gasteiger partial charge in [-0.25, -0.2) is 0 Å². The van der Waals surface area contributed by atoms with Crippen molar-refractivity contribution in [2.45, 2.75) is 33.1 Å². The van der Waals surface area contributed by atoms with E-state index < -0.39 is 0 Å². The molecule has 0 spiro atoms. The predicted molar refractivity (Wildman–Crippen MR) is 71.7 cm³/mol. The van der Waals surface area contributed by atoms with Crippen LogP contribution in [-0.4, -0.2) is 24.5 Å². The first-order valence-electron chi connectivity index (χ1n) is 6.08. The Morgan fingerprint density at radius 1 is 1.19 bits per heavy atom. The zero-order chi connectivity index (χ0) is 12.2. The third-order valence-corrected chi connectivity index (χ3v) is 3.18. The molecule has 1 rings (SSSR count). The van der Waals surface area contributed by atoms with Crippen LogP contribution in [0.5, 0.6) is 0 Å². The van der Waals surface area contributed by atoms with Crippen molar-refractivity contribution in [2.75, 3.05) is 25.4 Å². The Balaban J connectivity index is 2.84. The number of anilines is 1. The first-order chi connectivity index (χ1) is 7.49. The molecule has 0 radical (unpaired) electrons. The van der Waals surface area contributed by atoms with Gasteiger partial charge in [-0.1, -0.05) is 39.8 Å². The summed E-state index contributed by atoms with van der Waals surface area (Å²) in [6, 6.07) is 8.23. The molecule has 90 valence electrons. The van der Waals surface area contributed by atoms with Crippen LogP contribution < -0.4 is 5.73 Å². The molecule has 0 atom stereocenters. The summed E-state index contributed by atoms with van der Waals surface area (Å²) in [4.78, 5) is 2.45. The largest absolute Gasteiger partial charge is 0.399 e. The molecular formula is C14H24N2. The number of hydrogen-bond acceptors (Lipinski definition) is 2. The van der Waals surface area contributed by atoms with Crippen LogP contribution in [0.1, 0.15) is 33.3 Å². The van der Waals surface area contributed by atoms with Crippen molar-refractivity contribution in [2.24, 2.45) is 0 Å². The van der Waals surface area contributed by atoms with Gasteiger partial charge in [-0.3, -0.25) is 0 Å². The van der Waals surface area contributed by atoms with Crippen molar-refractivity contribution in [3.05, 3.63) is 29.8 Å².